The topological polar surface area (TPSA) is 161 Å². The summed E-state index contributed by atoms with van der Waals surface area (Å²) >= 11 is 0. The first kappa shape index (κ1) is 39.4. The minimum atomic E-state index is -4.86. The molecule has 11 nitrogen and oxygen atoms in total. The molecule has 3 aromatic rings. The molecular formula is C35H34F6N6O5. The number of hydrogen-bond acceptors (Lipinski definition) is 9. The Hall–Kier alpha value is -5.42. The zero-order chi connectivity index (χ0) is 38.4. The van der Waals surface area contributed by atoms with Gasteiger partial charge in [-0.05, 0) is 80.6 Å². The number of ether oxygens (including phenoxy) is 2. The summed E-state index contributed by atoms with van der Waals surface area (Å²) in [5, 5.41) is 30.9. The van der Waals surface area contributed by atoms with Crippen molar-refractivity contribution in [2.24, 2.45) is 5.41 Å². The van der Waals surface area contributed by atoms with Gasteiger partial charge in [0.05, 0.1) is 65.0 Å². The summed E-state index contributed by atoms with van der Waals surface area (Å²) in [7, 11) is 0. The number of carboxylic acids is 1. The quantitative estimate of drug-likeness (QED) is 0.139. The summed E-state index contributed by atoms with van der Waals surface area (Å²) in [6, 6.07) is 5.87. The van der Waals surface area contributed by atoms with Crippen LogP contribution in [0.5, 0.6) is 5.75 Å². The second-order valence-corrected chi connectivity index (χ2v) is 12.7. The molecule has 1 aromatic heterocycles. The van der Waals surface area contributed by atoms with Gasteiger partial charge in [0, 0.05) is 18.5 Å². The summed E-state index contributed by atoms with van der Waals surface area (Å²) in [4.78, 5) is 34.8. The Morgan fingerprint density at radius 3 is 2.29 bits per heavy atom. The van der Waals surface area contributed by atoms with Crippen LogP contribution in [0.15, 0.2) is 48.8 Å². The fraction of sp³-hybridized carbons (Fsp3) is 0.429. The minimum Gasteiger partial charge on any atom is -0.490 e. The number of fused-ring (bicyclic) bond motifs is 1. The lowest BCUT2D eigenvalue weighted by atomic mass is 9.87. The van der Waals surface area contributed by atoms with Crippen LogP contribution in [0.3, 0.4) is 0 Å². The van der Waals surface area contributed by atoms with Crippen LogP contribution >= 0.6 is 0 Å². The van der Waals surface area contributed by atoms with Crippen LogP contribution < -0.4 is 15.0 Å². The average molecular weight is 733 g/mol. The van der Waals surface area contributed by atoms with E-state index in [1.165, 1.54) is 32.3 Å². The molecule has 0 bridgehead atoms. The third kappa shape index (κ3) is 9.27. The highest BCUT2D eigenvalue weighted by atomic mass is 19.4. The number of carbonyl (C=O) groups excluding carboxylic acids is 1. The first-order valence-corrected chi connectivity index (χ1v) is 16.0. The molecule has 1 aliphatic rings. The third-order valence-electron chi connectivity index (χ3n) is 8.39. The predicted octanol–water partition coefficient (Wildman–Crippen LogP) is 7.72. The number of carboxylic acid groups (broad SMARTS) is 1. The highest BCUT2D eigenvalue weighted by Gasteiger charge is 2.41. The number of alkyl halides is 6. The number of hydrogen-bond donors (Lipinski definition) is 2. The van der Waals surface area contributed by atoms with Crippen LogP contribution in [0.25, 0.3) is 0 Å². The van der Waals surface area contributed by atoms with E-state index in [4.69, 9.17) is 14.7 Å². The van der Waals surface area contributed by atoms with E-state index in [2.05, 4.69) is 15.3 Å². The number of carbonyl (C=O) groups is 2. The Labute approximate surface area is 294 Å². The number of nitrogens with one attached hydrogen (secondary N) is 1. The van der Waals surface area contributed by atoms with Crippen molar-refractivity contribution in [3.05, 3.63) is 82.4 Å². The normalized spacial score (nSPS) is 16.6. The molecule has 1 unspecified atom stereocenters. The average Bonchev–Trinajstić information content (AvgIpc) is 3.10. The molecule has 4 rings (SSSR count). The molecule has 0 spiro atoms. The van der Waals surface area contributed by atoms with Crippen molar-refractivity contribution in [2.75, 3.05) is 18.1 Å². The Bertz CT molecular complexity index is 1850. The fourth-order valence-electron chi connectivity index (χ4n) is 5.52. The molecule has 2 aromatic carbocycles. The van der Waals surface area contributed by atoms with E-state index in [1.54, 1.807) is 13.0 Å². The van der Waals surface area contributed by atoms with Gasteiger partial charge in [0.1, 0.15) is 12.4 Å². The SMILES string of the molecule is CC[C@@H]1C[C@H](NC(c2cc(C#N)cc(C(F)(F)F)c2)c2ncc(OCCCC#N)cn2)c2cc(C(F)(F)F)ccc2N1C(=O)OCC(C)(C)C(=O)O. The molecular weight excluding hydrogens is 698 g/mol. The first-order valence-electron chi connectivity index (χ1n) is 16.0. The van der Waals surface area contributed by atoms with E-state index in [0.29, 0.717) is 12.5 Å². The monoisotopic (exact) mass is 732 g/mol. The van der Waals surface area contributed by atoms with E-state index in [0.717, 1.165) is 29.2 Å². The van der Waals surface area contributed by atoms with Crippen molar-refractivity contribution in [1.29, 1.82) is 10.5 Å². The molecule has 0 aliphatic carbocycles. The van der Waals surface area contributed by atoms with Crippen molar-refractivity contribution in [1.82, 2.24) is 15.3 Å². The molecule has 3 atom stereocenters. The van der Waals surface area contributed by atoms with Crippen molar-refractivity contribution < 1.29 is 50.5 Å². The van der Waals surface area contributed by atoms with Gasteiger partial charge in [0.2, 0.25) is 0 Å². The van der Waals surface area contributed by atoms with E-state index in [1.807, 2.05) is 6.07 Å². The van der Waals surface area contributed by atoms with Gasteiger partial charge in [-0.1, -0.05) is 6.92 Å². The van der Waals surface area contributed by atoms with Gasteiger partial charge >= 0.3 is 24.4 Å². The van der Waals surface area contributed by atoms with Gasteiger partial charge in [-0.15, -0.1) is 0 Å². The molecule has 52 heavy (non-hydrogen) atoms. The lowest BCUT2D eigenvalue weighted by molar-refractivity contribution is -0.149. The maximum absolute atomic E-state index is 14.0. The summed E-state index contributed by atoms with van der Waals surface area (Å²) < 4.78 is 95.0. The van der Waals surface area contributed by atoms with E-state index in [9.17, 15) is 46.3 Å². The van der Waals surface area contributed by atoms with Crippen LogP contribution in [0, 0.1) is 28.1 Å². The number of aromatic nitrogens is 2. The zero-order valence-corrected chi connectivity index (χ0v) is 28.2. The lowest BCUT2D eigenvalue weighted by Crippen LogP contribution is -2.48. The Morgan fingerprint density at radius 2 is 1.71 bits per heavy atom. The highest BCUT2D eigenvalue weighted by molar-refractivity contribution is 5.90. The number of nitrogens with zero attached hydrogens (tertiary/aromatic N) is 5. The van der Waals surface area contributed by atoms with Crippen LogP contribution in [0.4, 0.5) is 36.8 Å². The smallest absolute Gasteiger partial charge is 0.416 e. The first-order chi connectivity index (χ1) is 24.4. The van der Waals surface area contributed by atoms with Crippen LogP contribution in [0.1, 0.15) is 92.2 Å². The molecule has 2 N–H and O–H groups in total. The zero-order valence-electron chi connectivity index (χ0n) is 28.2. The summed E-state index contributed by atoms with van der Waals surface area (Å²) in [5.74, 6) is -1.16. The number of nitriles is 2. The number of anilines is 1. The Balaban J connectivity index is 1.84. The number of amides is 1. The Morgan fingerprint density at radius 1 is 1.04 bits per heavy atom. The second-order valence-electron chi connectivity index (χ2n) is 12.7. The van der Waals surface area contributed by atoms with Crippen LogP contribution in [-0.2, 0) is 21.9 Å². The highest BCUT2D eigenvalue weighted by Crippen LogP contribution is 2.44. The third-order valence-corrected chi connectivity index (χ3v) is 8.39. The van der Waals surface area contributed by atoms with Crippen molar-refractivity contribution in [3.63, 3.8) is 0 Å². The largest absolute Gasteiger partial charge is 0.490 e. The molecule has 0 saturated heterocycles. The van der Waals surface area contributed by atoms with Crippen LogP contribution in [0.2, 0.25) is 0 Å². The van der Waals surface area contributed by atoms with Gasteiger partial charge in [0.25, 0.3) is 0 Å². The summed E-state index contributed by atoms with van der Waals surface area (Å²) in [5.41, 5.74) is -4.20. The number of aliphatic carboxylic acids is 1. The van der Waals surface area contributed by atoms with E-state index < -0.39 is 65.7 Å². The summed E-state index contributed by atoms with van der Waals surface area (Å²) in [6.45, 7) is 3.99. The molecule has 1 aliphatic heterocycles. The maximum atomic E-state index is 14.0. The second kappa shape index (κ2) is 15.9. The maximum Gasteiger partial charge on any atom is 0.416 e. The van der Waals surface area contributed by atoms with Gasteiger partial charge in [-0.2, -0.15) is 36.9 Å². The van der Waals surface area contributed by atoms with E-state index in [-0.39, 0.29) is 59.8 Å². The van der Waals surface area contributed by atoms with Gasteiger partial charge < -0.3 is 14.6 Å². The van der Waals surface area contributed by atoms with Gasteiger partial charge in [-0.25, -0.2) is 14.8 Å². The molecule has 276 valence electrons. The Kier molecular flexibility index (Phi) is 12.0. The van der Waals surface area contributed by atoms with Gasteiger partial charge in [0.15, 0.2) is 5.75 Å². The van der Waals surface area contributed by atoms with E-state index >= 15 is 0 Å². The predicted molar refractivity (Wildman–Crippen MR) is 172 cm³/mol. The molecule has 0 radical (unpaired) electrons. The van der Waals surface area contributed by atoms with Crippen LogP contribution in [-0.4, -0.2) is 46.4 Å². The minimum absolute atomic E-state index is 0.00396. The van der Waals surface area contributed by atoms with Crippen molar-refractivity contribution in [3.8, 4) is 17.9 Å². The lowest BCUT2D eigenvalue weighted by Gasteiger charge is -2.41. The van der Waals surface area contributed by atoms with Gasteiger partial charge in [-0.3, -0.25) is 15.0 Å². The molecule has 17 heteroatoms. The summed E-state index contributed by atoms with van der Waals surface area (Å²) in [6.07, 6.45) is -7.35. The van der Waals surface area contributed by atoms with Crippen molar-refractivity contribution >= 4 is 17.7 Å². The molecule has 0 fully saturated rings. The number of benzene rings is 2. The molecule has 1 amide bonds. The number of halogens is 6. The number of unbranched alkanes of at least 4 members (excludes halogenated alkanes) is 1. The number of rotatable bonds is 12. The fourth-order valence-corrected chi connectivity index (χ4v) is 5.52. The van der Waals surface area contributed by atoms with Crippen molar-refractivity contribution in [2.45, 2.75) is 76.9 Å². The standard InChI is InChI=1S/C35H34F6N6O5/c1-4-24-15-27(26-14-22(34(36,37)38)7-8-28(26)47(24)32(50)52-19-33(2,3)31(48)49)46-29(21-11-20(16-43)12-23(13-21)35(39,40)41)30-44-17-25(18-45-30)51-10-6-5-9-42/h7-8,11-14,17-18,24,27,29,46H,4-6,10,15,19H2,1-3H3,(H,48,49)/t24-,27+,29?/m1/s1. The molecule has 0 saturated carbocycles. The molecule has 2 heterocycles.